The van der Waals surface area contributed by atoms with Crippen molar-refractivity contribution in [1.29, 1.82) is 0 Å². The molecule has 3 N–H and O–H groups in total. The van der Waals surface area contributed by atoms with Crippen LogP contribution in [0, 0.1) is 0 Å². The van der Waals surface area contributed by atoms with Crippen LogP contribution in [0.4, 0.5) is 0 Å². The van der Waals surface area contributed by atoms with E-state index in [9.17, 15) is 14.4 Å². The lowest BCUT2D eigenvalue weighted by molar-refractivity contribution is 0.0950. The number of nitrogens with zero attached hydrogens (tertiary/aromatic N) is 2. The van der Waals surface area contributed by atoms with Gasteiger partial charge in [0.25, 0.3) is 17.4 Å². The number of amides is 2. The molecule has 1 fully saturated rings. The number of aromatic nitrogens is 3. The van der Waals surface area contributed by atoms with E-state index in [0.717, 1.165) is 23.7 Å². The number of pyridine rings is 2. The van der Waals surface area contributed by atoms with E-state index in [1.807, 2.05) is 12.1 Å². The van der Waals surface area contributed by atoms with Crippen molar-refractivity contribution in [1.82, 2.24) is 25.2 Å². The van der Waals surface area contributed by atoms with Gasteiger partial charge < -0.3 is 20.2 Å². The highest BCUT2D eigenvalue weighted by molar-refractivity contribution is 5.99. The van der Waals surface area contributed by atoms with Crippen molar-refractivity contribution in [2.45, 2.75) is 25.4 Å². The van der Waals surface area contributed by atoms with Gasteiger partial charge >= 0.3 is 0 Å². The number of H-pyrrole nitrogens is 1. The topological polar surface area (TPSA) is 109 Å². The van der Waals surface area contributed by atoms with Gasteiger partial charge in [-0.05, 0) is 31.0 Å². The molecular weight excluding hydrogens is 346 g/mol. The number of nitrogens with one attached hydrogen (secondary N) is 3. The molecule has 0 saturated heterocycles. The smallest absolute Gasteiger partial charge is 0.263 e. The summed E-state index contributed by atoms with van der Waals surface area (Å²) in [5, 5.41) is 6.22. The summed E-state index contributed by atoms with van der Waals surface area (Å²) in [6, 6.07) is 5.25. The second-order valence-electron chi connectivity index (χ2n) is 6.60. The number of hydrogen-bond donors (Lipinski definition) is 3. The van der Waals surface area contributed by atoms with Crippen molar-refractivity contribution in [3.63, 3.8) is 0 Å². The first-order valence-electron chi connectivity index (χ1n) is 8.75. The van der Waals surface area contributed by atoms with E-state index in [1.165, 1.54) is 23.9 Å². The van der Waals surface area contributed by atoms with E-state index >= 15 is 0 Å². The molecule has 3 aromatic heterocycles. The summed E-state index contributed by atoms with van der Waals surface area (Å²) < 4.78 is 1.36. The van der Waals surface area contributed by atoms with Gasteiger partial charge in [0.2, 0.25) is 0 Å². The fourth-order valence-corrected chi connectivity index (χ4v) is 3.00. The molecule has 2 amide bonds. The number of rotatable bonds is 5. The summed E-state index contributed by atoms with van der Waals surface area (Å²) in [6.07, 6.45) is 6.84. The predicted octanol–water partition coefficient (Wildman–Crippen LogP) is 1.02. The molecule has 0 atom stereocenters. The first kappa shape index (κ1) is 17.0. The van der Waals surface area contributed by atoms with Crippen LogP contribution < -0.4 is 16.2 Å². The zero-order valence-electron chi connectivity index (χ0n) is 14.8. The van der Waals surface area contributed by atoms with Crippen molar-refractivity contribution < 1.29 is 9.59 Å². The fourth-order valence-electron chi connectivity index (χ4n) is 3.00. The molecule has 0 spiro atoms. The van der Waals surface area contributed by atoms with Crippen LogP contribution in [0.25, 0.3) is 10.9 Å². The Kier molecular flexibility index (Phi) is 4.23. The average Bonchev–Trinajstić information content (AvgIpc) is 3.35. The van der Waals surface area contributed by atoms with Gasteiger partial charge in [-0.15, -0.1) is 0 Å². The van der Waals surface area contributed by atoms with E-state index in [1.54, 1.807) is 12.4 Å². The highest BCUT2D eigenvalue weighted by Crippen LogP contribution is 2.20. The van der Waals surface area contributed by atoms with Crippen LogP contribution in [0.5, 0.6) is 0 Å². The fraction of sp³-hybridized carbons (Fsp3) is 0.263. The molecule has 1 aliphatic rings. The van der Waals surface area contributed by atoms with Gasteiger partial charge in [0, 0.05) is 42.6 Å². The molecule has 27 heavy (non-hydrogen) atoms. The highest BCUT2D eigenvalue weighted by atomic mass is 16.2. The maximum atomic E-state index is 12.8. The summed E-state index contributed by atoms with van der Waals surface area (Å²) in [4.78, 5) is 44.9. The molecular formula is C19H19N5O3. The van der Waals surface area contributed by atoms with Crippen LogP contribution >= 0.6 is 0 Å². The Morgan fingerprint density at radius 3 is 2.85 bits per heavy atom. The molecule has 3 heterocycles. The quantitative estimate of drug-likeness (QED) is 0.627. The Balaban J connectivity index is 1.78. The standard InChI is InChI=1S/C19H19N5O3/c1-20-18(26)14-8-11(17(25)23-12-2-3-12)9-24(19(14)27)10-16-13-4-6-21-15(13)5-7-22-16/h4-9,12,21H,2-3,10H2,1H3,(H,20,26)(H,23,25). The van der Waals surface area contributed by atoms with Crippen LogP contribution in [-0.4, -0.2) is 39.4 Å². The van der Waals surface area contributed by atoms with E-state index in [0.29, 0.717) is 5.69 Å². The number of carbonyl (C=O) groups is 2. The minimum absolute atomic E-state index is 0.0674. The second-order valence-corrected chi connectivity index (χ2v) is 6.60. The Hall–Kier alpha value is -3.42. The van der Waals surface area contributed by atoms with Crippen LogP contribution in [0.3, 0.4) is 0 Å². The summed E-state index contributed by atoms with van der Waals surface area (Å²) in [7, 11) is 1.45. The highest BCUT2D eigenvalue weighted by Gasteiger charge is 2.25. The molecule has 138 valence electrons. The predicted molar refractivity (Wildman–Crippen MR) is 99.8 cm³/mol. The first-order valence-corrected chi connectivity index (χ1v) is 8.75. The second kappa shape index (κ2) is 6.71. The van der Waals surface area contributed by atoms with E-state index in [4.69, 9.17) is 0 Å². The molecule has 4 rings (SSSR count). The Morgan fingerprint density at radius 2 is 2.11 bits per heavy atom. The molecule has 0 aromatic carbocycles. The molecule has 0 aliphatic heterocycles. The van der Waals surface area contributed by atoms with Gasteiger partial charge in [0.1, 0.15) is 5.56 Å². The van der Waals surface area contributed by atoms with Crippen molar-refractivity contribution in [2.24, 2.45) is 0 Å². The lowest BCUT2D eigenvalue weighted by Gasteiger charge is -2.12. The van der Waals surface area contributed by atoms with Gasteiger partial charge in [-0.25, -0.2) is 0 Å². The van der Waals surface area contributed by atoms with Crippen LogP contribution in [-0.2, 0) is 6.54 Å². The van der Waals surface area contributed by atoms with Crippen LogP contribution in [0.15, 0.2) is 41.6 Å². The minimum Gasteiger partial charge on any atom is -0.361 e. The average molecular weight is 365 g/mol. The summed E-state index contributed by atoms with van der Waals surface area (Å²) >= 11 is 0. The normalized spacial score (nSPS) is 13.5. The maximum absolute atomic E-state index is 12.8. The third kappa shape index (κ3) is 3.33. The summed E-state index contributed by atoms with van der Waals surface area (Å²) in [5.41, 5.74) is 1.33. The summed E-state index contributed by atoms with van der Waals surface area (Å²) in [6.45, 7) is 0.155. The molecule has 1 saturated carbocycles. The first-order chi connectivity index (χ1) is 13.1. The minimum atomic E-state index is -0.525. The van der Waals surface area contributed by atoms with Gasteiger partial charge in [0.05, 0.1) is 17.8 Å². The molecule has 0 unspecified atom stereocenters. The van der Waals surface area contributed by atoms with Crippen LogP contribution in [0.2, 0.25) is 0 Å². The Bertz CT molecular complexity index is 1090. The van der Waals surface area contributed by atoms with E-state index < -0.39 is 11.5 Å². The lowest BCUT2D eigenvalue weighted by atomic mass is 10.1. The van der Waals surface area contributed by atoms with Crippen molar-refractivity contribution in [2.75, 3.05) is 7.05 Å². The zero-order valence-corrected chi connectivity index (χ0v) is 14.8. The Morgan fingerprint density at radius 1 is 1.30 bits per heavy atom. The summed E-state index contributed by atoms with van der Waals surface area (Å²) in [5.74, 6) is -0.813. The maximum Gasteiger partial charge on any atom is 0.263 e. The van der Waals surface area contributed by atoms with E-state index in [-0.39, 0.29) is 29.6 Å². The van der Waals surface area contributed by atoms with Gasteiger partial charge in [-0.3, -0.25) is 19.4 Å². The molecule has 8 nitrogen and oxygen atoms in total. The number of fused-ring (bicyclic) bond motifs is 1. The van der Waals surface area contributed by atoms with Crippen LogP contribution in [0.1, 0.15) is 39.3 Å². The number of aromatic amines is 1. The van der Waals surface area contributed by atoms with E-state index in [2.05, 4.69) is 20.6 Å². The molecule has 1 aliphatic carbocycles. The van der Waals surface area contributed by atoms with Gasteiger partial charge in [-0.1, -0.05) is 0 Å². The molecule has 8 heteroatoms. The SMILES string of the molecule is CNC(=O)c1cc(C(=O)NC2CC2)cn(Cc2nccc3[nH]ccc23)c1=O. The molecule has 0 radical (unpaired) electrons. The monoisotopic (exact) mass is 365 g/mol. The molecule has 0 bridgehead atoms. The zero-order chi connectivity index (χ0) is 19.0. The van der Waals surface area contributed by atoms with Crippen molar-refractivity contribution in [3.05, 3.63) is 64.0 Å². The van der Waals surface area contributed by atoms with Crippen molar-refractivity contribution in [3.8, 4) is 0 Å². The third-order valence-corrected chi connectivity index (χ3v) is 4.61. The number of hydrogen-bond acceptors (Lipinski definition) is 4. The number of carbonyl (C=O) groups excluding carboxylic acids is 2. The third-order valence-electron chi connectivity index (χ3n) is 4.61. The van der Waals surface area contributed by atoms with Crippen molar-refractivity contribution >= 4 is 22.7 Å². The van der Waals surface area contributed by atoms with Gasteiger partial charge in [0.15, 0.2) is 0 Å². The van der Waals surface area contributed by atoms with Gasteiger partial charge in [-0.2, -0.15) is 0 Å². The molecule has 3 aromatic rings. The Labute approximate surface area is 154 Å². The lowest BCUT2D eigenvalue weighted by Crippen LogP contribution is -2.34. The largest absolute Gasteiger partial charge is 0.361 e.